The molecular weight excluding hydrogens is 216 g/mol. The molecule has 15 heavy (non-hydrogen) atoms. The molecule has 0 amide bonds. The molecule has 2 heterocycles. The average Bonchev–Trinajstić information content (AvgIpc) is 2.89. The van der Waals surface area contributed by atoms with Crippen molar-refractivity contribution in [2.45, 2.75) is 18.4 Å². The van der Waals surface area contributed by atoms with E-state index in [-0.39, 0.29) is 4.90 Å². The van der Waals surface area contributed by atoms with Crippen LogP contribution in [0, 0.1) is 0 Å². The van der Waals surface area contributed by atoms with Gasteiger partial charge in [0.15, 0.2) is 0 Å². The highest BCUT2D eigenvalue weighted by atomic mass is 32.2. The zero-order chi connectivity index (χ0) is 10.9. The fraction of sp³-hybridized carbons (Fsp3) is 0.250. The minimum atomic E-state index is -3.56. The summed E-state index contributed by atoms with van der Waals surface area (Å²) in [7, 11) is -3.56. The second-order valence-corrected chi connectivity index (χ2v) is 4.71. The van der Waals surface area contributed by atoms with Gasteiger partial charge in [-0.05, 0) is 13.0 Å². The summed E-state index contributed by atoms with van der Waals surface area (Å²) in [5.41, 5.74) is 0. The molecule has 0 saturated heterocycles. The summed E-state index contributed by atoms with van der Waals surface area (Å²) in [6, 6.07) is 1.56. The van der Waals surface area contributed by atoms with Crippen LogP contribution in [0.4, 0.5) is 0 Å². The summed E-state index contributed by atoms with van der Waals surface area (Å²) in [6.45, 7) is 2.52. The van der Waals surface area contributed by atoms with Gasteiger partial charge in [0.25, 0.3) is 10.0 Å². The van der Waals surface area contributed by atoms with E-state index in [0.29, 0.717) is 6.54 Å². The Balaban J connectivity index is 2.47. The van der Waals surface area contributed by atoms with E-state index < -0.39 is 10.0 Å². The predicted molar refractivity (Wildman–Crippen MR) is 52.7 cm³/mol. The van der Waals surface area contributed by atoms with E-state index in [2.05, 4.69) is 10.2 Å². The molecule has 0 spiro atoms. The topological polar surface area (TPSA) is 69.8 Å². The zero-order valence-electron chi connectivity index (χ0n) is 8.11. The molecule has 2 rings (SSSR count). The Labute approximate surface area is 87.2 Å². The molecule has 6 nitrogen and oxygen atoms in total. The smallest absolute Gasteiger partial charge is 0.272 e. The zero-order valence-corrected chi connectivity index (χ0v) is 8.92. The summed E-state index contributed by atoms with van der Waals surface area (Å²) in [6.07, 6.45) is 5.61. The third-order valence-electron chi connectivity index (χ3n) is 1.96. The van der Waals surface area contributed by atoms with Gasteiger partial charge in [-0.25, -0.2) is 0 Å². The van der Waals surface area contributed by atoms with Crippen molar-refractivity contribution < 1.29 is 8.42 Å². The first-order valence-corrected chi connectivity index (χ1v) is 5.86. The van der Waals surface area contributed by atoms with Crippen molar-refractivity contribution in [3.05, 3.63) is 30.9 Å². The third kappa shape index (κ3) is 1.65. The van der Waals surface area contributed by atoms with E-state index in [4.69, 9.17) is 0 Å². The molecule has 0 atom stereocenters. The third-order valence-corrected chi connectivity index (χ3v) is 3.47. The molecule has 7 heteroatoms. The van der Waals surface area contributed by atoms with Gasteiger partial charge in [-0.3, -0.25) is 4.68 Å². The summed E-state index contributed by atoms with van der Waals surface area (Å²) in [5.74, 6) is 0. The Bertz CT molecular complexity index is 541. The van der Waals surface area contributed by atoms with Gasteiger partial charge < -0.3 is 0 Å². The van der Waals surface area contributed by atoms with Crippen molar-refractivity contribution in [2.75, 3.05) is 0 Å². The van der Waals surface area contributed by atoms with Crippen LogP contribution in [0.3, 0.4) is 0 Å². The van der Waals surface area contributed by atoms with Crippen molar-refractivity contribution in [3.8, 4) is 0 Å². The number of aromatic nitrogens is 4. The maximum Gasteiger partial charge on any atom is 0.286 e. The van der Waals surface area contributed by atoms with Gasteiger partial charge >= 0.3 is 0 Å². The first-order chi connectivity index (χ1) is 7.14. The molecule has 2 aromatic heterocycles. The van der Waals surface area contributed by atoms with E-state index in [9.17, 15) is 8.42 Å². The Kier molecular flexibility index (Phi) is 2.31. The molecule has 0 aliphatic rings. The van der Waals surface area contributed by atoms with E-state index >= 15 is 0 Å². The molecule has 80 valence electrons. The highest BCUT2D eigenvalue weighted by Gasteiger charge is 2.18. The largest absolute Gasteiger partial charge is 0.286 e. The Hall–Kier alpha value is -1.63. The molecule has 2 aromatic rings. The highest BCUT2D eigenvalue weighted by molar-refractivity contribution is 7.89. The fourth-order valence-corrected chi connectivity index (χ4v) is 2.22. The van der Waals surface area contributed by atoms with E-state index in [1.165, 1.54) is 24.8 Å². The Morgan fingerprint density at radius 3 is 2.73 bits per heavy atom. The molecule has 0 aliphatic heterocycles. The van der Waals surface area contributed by atoms with Crippen molar-refractivity contribution in [1.82, 2.24) is 19.0 Å². The minimum absolute atomic E-state index is 0.146. The molecule has 0 fully saturated rings. The molecule has 0 bridgehead atoms. The van der Waals surface area contributed by atoms with Crippen LogP contribution in [0.15, 0.2) is 35.7 Å². The lowest BCUT2D eigenvalue weighted by atomic mass is 10.7. The summed E-state index contributed by atoms with van der Waals surface area (Å²) < 4.78 is 26.2. The van der Waals surface area contributed by atoms with Crippen molar-refractivity contribution in [3.63, 3.8) is 0 Å². The standard InChI is InChI=1S/C8H10N4O2S/c1-2-11-7-8(6-10-11)15(13,14)12-5-3-4-9-12/h3-7H,2H2,1H3. The fourth-order valence-electron chi connectivity index (χ4n) is 1.16. The highest BCUT2D eigenvalue weighted by Crippen LogP contribution is 2.10. The van der Waals surface area contributed by atoms with Crippen LogP contribution in [0.2, 0.25) is 0 Å². The maximum absolute atomic E-state index is 11.9. The van der Waals surface area contributed by atoms with Crippen molar-refractivity contribution in [2.24, 2.45) is 0 Å². The Morgan fingerprint density at radius 1 is 1.40 bits per heavy atom. The molecule has 0 unspecified atom stereocenters. The summed E-state index contributed by atoms with van der Waals surface area (Å²) in [4.78, 5) is 0.146. The SMILES string of the molecule is CCn1cc(S(=O)(=O)n2cccn2)cn1. The van der Waals surface area contributed by atoms with Crippen molar-refractivity contribution >= 4 is 10.0 Å². The molecular formula is C8H10N4O2S. The van der Waals surface area contributed by atoms with Gasteiger partial charge in [-0.1, -0.05) is 0 Å². The van der Waals surface area contributed by atoms with Crippen LogP contribution in [-0.4, -0.2) is 27.4 Å². The molecule has 0 aliphatic carbocycles. The molecule has 0 N–H and O–H groups in total. The maximum atomic E-state index is 11.9. The van der Waals surface area contributed by atoms with Crippen LogP contribution < -0.4 is 0 Å². The van der Waals surface area contributed by atoms with E-state index in [1.54, 1.807) is 10.7 Å². The number of aryl methyl sites for hydroxylation is 1. The van der Waals surface area contributed by atoms with Crippen LogP contribution in [0.25, 0.3) is 0 Å². The van der Waals surface area contributed by atoms with Crippen LogP contribution >= 0.6 is 0 Å². The number of hydrogen-bond donors (Lipinski definition) is 0. The van der Waals surface area contributed by atoms with Crippen LogP contribution in [0.5, 0.6) is 0 Å². The van der Waals surface area contributed by atoms with Crippen LogP contribution in [-0.2, 0) is 16.6 Å². The quantitative estimate of drug-likeness (QED) is 0.756. The molecule has 0 radical (unpaired) electrons. The first kappa shape index (κ1) is 9.91. The van der Waals surface area contributed by atoms with Gasteiger partial charge in [0.05, 0.1) is 12.4 Å². The lowest BCUT2D eigenvalue weighted by molar-refractivity contribution is 0.579. The van der Waals surface area contributed by atoms with Gasteiger partial charge in [0.2, 0.25) is 0 Å². The van der Waals surface area contributed by atoms with Crippen LogP contribution in [0.1, 0.15) is 6.92 Å². The normalized spacial score (nSPS) is 11.8. The lowest BCUT2D eigenvalue weighted by Gasteiger charge is -1.99. The molecule has 0 saturated carbocycles. The summed E-state index contributed by atoms with van der Waals surface area (Å²) in [5, 5.41) is 7.60. The minimum Gasteiger partial charge on any atom is -0.272 e. The lowest BCUT2D eigenvalue weighted by Crippen LogP contribution is -2.12. The van der Waals surface area contributed by atoms with Gasteiger partial charge in [-0.15, -0.1) is 0 Å². The summed E-state index contributed by atoms with van der Waals surface area (Å²) >= 11 is 0. The second-order valence-electron chi connectivity index (χ2n) is 2.92. The second kappa shape index (κ2) is 3.50. The number of nitrogens with zero attached hydrogens (tertiary/aromatic N) is 4. The predicted octanol–water partition coefficient (Wildman–Crippen LogP) is 0.337. The van der Waals surface area contributed by atoms with E-state index in [1.807, 2.05) is 6.92 Å². The first-order valence-electron chi connectivity index (χ1n) is 4.42. The average molecular weight is 226 g/mol. The monoisotopic (exact) mass is 226 g/mol. The number of hydrogen-bond acceptors (Lipinski definition) is 4. The molecule has 0 aromatic carbocycles. The number of rotatable bonds is 3. The Morgan fingerprint density at radius 2 is 2.20 bits per heavy atom. The van der Waals surface area contributed by atoms with Gasteiger partial charge in [-0.2, -0.15) is 22.7 Å². The van der Waals surface area contributed by atoms with Crippen molar-refractivity contribution in [1.29, 1.82) is 0 Å². The van der Waals surface area contributed by atoms with E-state index in [0.717, 1.165) is 4.09 Å². The van der Waals surface area contributed by atoms with Gasteiger partial charge in [0, 0.05) is 18.9 Å². The van der Waals surface area contributed by atoms with Gasteiger partial charge in [0.1, 0.15) is 4.90 Å².